The topological polar surface area (TPSA) is 40.5 Å². The number of halogens is 2. The normalized spacial score (nSPS) is 18.1. The van der Waals surface area contributed by atoms with Crippen molar-refractivity contribution in [1.82, 2.24) is 0 Å². The number of aromatic hydroxyl groups is 2. The largest absolute Gasteiger partial charge is 0.508 e. The van der Waals surface area contributed by atoms with Crippen molar-refractivity contribution < 1.29 is 19.0 Å². The molecule has 0 bridgehead atoms. The Labute approximate surface area is 121 Å². The summed E-state index contributed by atoms with van der Waals surface area (Å²) < 4.78 is 27.5. The predicted octanol–water partition coefficient (Wildman–Crippen LogP) is 4.04. The highest BCUT2D eigenvalue weighted by Crippen LogP contribution is 2.35. The fourth-order valence-electron chi connectivity index (χ4n) is 3.08. The standard InChI is InChI=1S/C17H16F2O2/c18-15-9-17(21)16(19)8-14(15)12-3-1-2-10-7-13(20)5-4-11(10)6-12/h4-5,7-9,12,20-21H,1-3,6H2. The second-order valence-corrected chi connectivity index (χ2v) is 5.57. The second-order valence-electron chi connectivity index (χ2n) is 5.57. The molecule has 0 saturated carbocycles. The van der Waals surface area contributed by atoms with Crippen LogP contribution >= 0.6 is 0 Å². The number of aryl methyl sites for hydroxylation is 1. The lowest BCUT2D eigenvalue weighted by atomic mass is 9.89. The smallest absolute Gasteiger partial charge is 0.165 e. The van der Waals surface area contributed by atoms with Crippen molar-refractivity contribution in [2.45, 2.75) is 31.6 Å². The zero-order chi connectivity index (χ0) is 15.0. The van der Waals surface area contributed by atoms with Gasteiger partial charge in [-0.3, -0.25) is 0 Å². The van der Waals surface area contributed by atoms with Gasteiger partial charge in [-0.25, -0.2) is 8.78 Å². The molecule has 0 amide bonds. The molecular weight excluding hydrogens is 274 g/mol. The van der Waals surface area contributed by atoms with E-state index in [2.05, 4.69) is 0 Å². The fraction of sp³-hybridized carbons (Fsp3) is 0.294. The predicted molar refractivity (Wildman–Crippen MR) is 75.5 cm³/mol. The number of hydrogen-bond donors (Lipinski definition) is 2. The first-order valence-corrected chi connectivity index (χ1v) is 7.03. The van der Waals surface area contributed by atoms with Crippen LogP contribution in [0.15, 0.2) is 30.3 Å². The third kappa shape index (κ3) is 2.71. The lowest BCUT2D eigenvalue weighted by Crippen LogP contribution is -2.05. The van der Waals surface area contributed by atoms with E-state index in [9.17, 15) is 19.0 Å². The monoisotopic (exact) mass is 290 g/mol. The maximum Gasteiger partial charge on any atom is 0.165 e. The Hall–Kier alpha value is -2.10. The van der Waals surface area contributed by atoms with Gasteiger partial charge in [-0.1, -0.05) is 6.07 Å². The van der Waals surface area contributed by atoms with E-state index in [1.165, 1.54) is 0 Å². The maximum absolute atomic E-state index is 14.0. The van der Waals surface area contributed by atoms with Crippen LogP contribution in [0.25, 0.3) is 0 Å². The molecule has 0 heterocycles. The second kappa shape index (κ2) is 5.35. The first-order valence-electron chi connectivity index (χ1n) is 7.03. The molecule has 1 aliphatic carbocycles. The molecule has 2 aromatic carbocycles. The average Bonchev–Trinajstić information content (AvgIpc) is 2.64. The molecule has 1 unspecified atom stereocenters. The average molecular weight is 290 g/mol. The summed E-state index contributed by atoms with van der Waals surface area (Å²) in [6, 6.07) is 7.14. The molecular formula is C17H16F2O2. The molecule has 0 aliphatic heterocycles. The SMILES string of the molecule is Oc1ccc2c(c1)CCCC(c1cc(F)c(O)cc1F)C2. The van der Waals surface area contributed by atoms with Crippen LogP contribution in [0.4, 0.5) is 8.78 Å². The summed E-state index contributed by atoms with van der Waals surface area (Å²) in [7, 11) is 0. The number of benzene rings is 2. The van der Waals surface area contributed by atoms with Gasteiger partial charge in [0.15, 0.2) is 11.6 Å². The van der Waals surface area contributed by atoms with E-state index in [1.54, 1.807) is 12.1 Å². The van der Waals surface area contributed by atoms with Crippen LogP contribution < -0.4 is 0 Å². The van der Waals surface area contributed by atoms with Crippen LogP contribution in [-0.2, 0) is 12.8 Å². The highest BCUT2D eigenvalue weighted by Gasteiger charge is 2.22. The molecule has 0 fully saturated rings. The lowest BCUT2D eigenvalue weighted by molar-refractivity contribution is 0.422. The zero-order valence-electron chi connectivity index (χ0n) is 11.4. The van der Waals surface area contributed by atoms with E-state index in [4.69, 9.17) is 0 Å². The first kappa shape index (κ1) is 13.9. The van der Waals surface area contributed by atoms with E-state index >= 15 is 0 Å². The minimum atomic E-state index is -0.790. The number of rotatable bonds is 1. The molecule has 0 aromatic heterocycles. The van der Waals surface area contributed by atoms with E-state index in [0.717, 1.165) is 42.5 Å². The van der Waals surface area contributed by atoms with Gasteiger partial charge in [0.1, 0.15) is 11.6 Å². The highest BCUT2D eigenvalue weighted by molar-refractivity contribution is 5.39. The van der Waals surface area contributed by atoms with E-state index in [-0.39, 0.29) is 11.7 Å². The van der Waals surface area contributed by atoms with E-state index < -0.39 is 17.4 Å². The Balaban J connectivity index is 1.97. The minimum Gasteiger partial charge on any atom is -0.508 e. The summed E-state index contributed by atoms with van der Waals surface area (Å²) in [5.74, 6) is -1.90. The summed E-state index contributed by atoms with van der Waals surface area (Å²) in [4.78, 5) is 0. The third-order valence-corrected chi connectivity index (χ3v) is 4.16. The van der Waals surface area contributed by atoms with Crippen LogP contribution in [0.2, 0.25) is 0 Å². The molecule has 2 N–H and O–H groups in total. The van der Waals surface area contributed by atoms with Gasteiger partial charge in [-0.2, -0.15) is 0 Å². The van der Waals surface area contributed by atoms with Crippen molar-refractivity contribution in [3.63, 3.8) is 0 Å². The zero-order valence-corrected chi connectivity index (χ0v) is 11.4. The van der Waals surface area contributed by atoms with Crippen LogP contribution in [0.1, 0.15) is 35.4 Å². The molecule has 1 aliphatic rings. The molecule has 0 radical (unpaired) electrons. The van der Waals surface area contributed by atoms with Gasteiger partial charge in [0.05, 0.1) is 0 Å². The Kier molecular flexibility index (Phi) is 3.53. The summed E-state index contributed by atoms with van der Waals surface area (Å²) in [6.45, 7) is 0. The van der Waals surface area contributed by atoms with Crippen molar-refractivity contribution in [1.29, 1.82) is 0 Å². The molecule has 110 valence electrons. The van der Waals surface area contributed by atoms with E-state index in [0.29, 0.717) is 12.0 Å². The first-order chi connectivity index (χ1) is 10.0. The van der Waals surface area contributed by atoms with Gasteiger partial charge in [-0.05, 0) is 66.5 Å². The number of phenolic OH excluding ortho intramolecular Hbond substituents is 2. The Morgan fingerprint density at radius 2 is 1.76 bits per heavy atom. The third-order valence-electron chi connectivity index (χ3n) is 4.16. The van der Waals surface area contributed by atoms with Crippen molar-refractivity contribution in [3.8, 4) is 11.5 Å². The molecule has 2 aromatic rings. The van der Waals surface area contributed by atoms with Crippen LogP contribution in [0.5, 0.6) is 11.5 Å². The van der Waals surface area contributed by atoms with Crippen LogP contribution in [-0.4, -0.2) is 10.2 Å². The number of hydrogen-bond acceptors (Lipinski definition) is 2. The molecule has 4 heteroatoms. The number of fused-ring (bicyclic) bond motifs is 1. The summed E-state index contributed by atoms with van der Waals surface area (Å²) >= 11 is 0. The van der Waals surface area contributed by atoms with Crippen molar-refractivity contribution in [2.75, 3.05) is 0 Å². The van der Waals surface area contributed by atoms with Gasteiger partial charge in [0, 0.05) is 6.07 Å². The molecule has 0 spiro atoms. The molecule has 2 nitrogen and oxygen atoms in total. The highest BCUT2D eigenvalue weighted by atomic mass is 19.1. The van der Waals surface area contributed by atoms with Crippen molar-refractivity contribution >= 4 is 0 Å². The van der Waals surface area contributed by atoms with Gasteiger partial charge >= 0.3 is 0 Å². The van der Waals surface area contributed by atoms with Crippen molar-refractivity contribution in [2.24, 2.45) is 0 Å². The summed E-state index contributed by atoms with van der Waals surface area (Å²) in [5, 5.41) is 18.8. The lowest BCUT2D eigenvalue weighted by Gasteiger charge is -2.16. The fourth-order valence-corrected chi connectivity index (χ4v) is 3.08. The molecule has 0 saturated heterocycles. The van der Waals surface area contributed by atoms with Gasteiger partial charge < -0.3 is 10.2 Å². The summed E-state index contributed by atoms with van der Waals surface area (Å²) in [6.07, 6.45) is 3.03. The van der Waals surface area contributed by atoms with Gasteiger partial charge in [0.25, 0.3) is 0 Å². The number of phenols is 2. The summed E-state index contributed by atoms with van der Waals surface area (Å²) in [5.41, 5.74) is 2.44. The van der Waals surface area contributed by atoms with Crippen LogP contribution in [0, 0.1) is 11.6 Å². The molecule has 1 atom stereocenters. The van der Waals surface area contributed by atoms with Gasteiger partial charge in [-0.15, -0.1) is 0 Å². The Morgan fingerprint density at radius 1 is 0.952 bits per heavy atom. The maximum atomic E-state index is 14.0. The van der Waals surface area contributed by atoms with Gasteiger partial charge in [0.2, 0.25) is 0 Å². The molecule has 21 heavy (non-hydrogen) atoms. The van der Waals surface area contributed by atoms with Crippen LogP contribution in [0.3, 0.4) is 0 Å². The minimum absolute atomic E-state index is 0.120. The molecule has 3 rings (SSSR count). The van der Waals surface area contributed by atoms with E-state index in [1.807, 2.05) is 6.07 Å². The Bertz CT molecular complexity index is 683. The quantitative estimate of drug-likeness (QED) is 0.778. The van der Waals surface area contributed by atoms with Crippen molar-refractivity contribution in [3.05, 3.63) is 58.7 Å². The Morgan fingerprint density at radius 3 is 2.57 bits per heavy atom.